The smallest absolute Gasteiger partial charge is 0.241 e. The molecule has 1 fully saturated rings. The summed E-state index contributed by atoms with van der Waals surface area (Å²) in [6.07, 6.45) is 0.678. The molecule has 2 rings (SSSR count). The van der Waals surface area contributed by atoms with Gasteiger partial charge in [-0.1, -0.05) is 20.4 Å². The third kappa shape index (κ3) is 4.32. The van der Waals surface area contributed by atoms with Gasteiger partial charge in [0, 0.05) is 23.6 Å². The third-order valence-corrected chi connectivity index (χ3v) is 3.62. The fraction of sp³-hybridized carbons (Fsp3) is 0.471. The van der Waals surface area contributed by atoms with Crippen molar-refractivity contribution in [3.63, 3.8) is 0 Å². The second-order valence-corrected chi connectivity index (χ2v) is 6.04. The van der Waals surface area contributed by atoms with Gasteiger partial charge in [-0.3, -0.25) is 4.79 Å². The number of hydrogen-bond acceptors (Lipinski definition) is 4. The lowest BCUT2D eigenvalue weighted by atomic mass is 10.0. The molecular weight excluding hydrogens is 278 g/mol. The Kier molecular flexibility index (Phi) is 5.57. The zero-order valence-electron chi connectivity index (χ0n) is 13.3. The molecule has 1 saturated heterocycles. The van der Waals surface area contributed by atoms with Gasteiger partial charge in [0.2, 0.25) is 5.91 Å². The maximum Gasteiger partial charge on any atom is 0.241 e. The molecule has 1 aliphatic rings. The number of rotatable bonds is 5. The SMILES string of the molecule is C=C1COCCN1c1ccc(NC(=O)[C@H](N)CC(C)C)cc1. The van der Waals surface area contributed by atoms with E-state index in [9.17, 15) is 4.79 Å². The number of benzene rings is 1. The van der Waals surface area contributed by atoms with E-state index in [1.165, 1.54) is 0 Å². The fourth-order valence-electron chi connectivity index (χ4n) is 2.47. The number of ether oxygens (including phenoxy) is 1. The van der Waals surface area contributed by atoms with E-state index >= 15 is 0 Å². The summed E-state index contributed by atoms with van der Waals surface area (Å²) in [6.45, 7) is 10.2. The molecule has 0 bridgehead atoms. The second kappa shape index (κ2) is 7.42. The van der Waals surface area contributed by atoms with Gasteiger partial charge >= 0.3 is 0 Å². The predicted molar refractivity (Wildman–Crippen MR) is 89.8 cm³/mol. The number of nitrogens with zero attached hydrogens (tertiary/aromatic N) is 1. The van der Waals surface area contributed by atoms with Crippen LogP contribution in [0.4, 0.5) is 11.4 Å². The number of nitrogens with two attached hydrogens (primary N) is 1. The van der Waals surface area contributed by atoms with Crippen LogP contribution in [0.25, 0.3) is 0 Å². The molecule has 1 heterocycles. The fourth-order valence-corrected chi connectivity index (χ4v) is 2.47. The molecule has 0 radical (unpaired) electrons. The van der Waals surface area contributed by atoms with E-state index in [2.05, 4.69) is 30.6 Å². The summed E-state index contributed by atoms with van der Waals surface area (Å²) in [4.78, 5) is 14.1. The predicted octanol–water partition coefficient (Wildman–Crippen LogP) is 2.35. The van der Waals surface area contributed by atoms with Crippen molar-refractivity contribution in [2.45, 2.75) is 26.3 Å². The van der Waals surface area contributed by atoms with Gasteiger partial charge in [0.15, 0.2) is 0 Å². The molecule has 22 heavy (non-hydrogen) atoms. The van der Waals surface area contributed by atoms with Crippen molar-refractivity contribution in [1.82, 2.24) is 0 Å². The number of carbonyl (C=O) groups is 1. The van der Waals surface area contributed by atoms with Crippen molar-refractivity contribution in [2.75, 3.05) is 30.0 Å². The number of morpholine rings is 1. The third-order valence-electron chi connectivity index (χ3n) is 3.62. The highest BCUT2D eigenvalue weighted by Gasteiger charge is 2.17. The first kappa shape index (κ1) is 16.5. The normalized spacial score (nSPS) is 16.7. The van der Waals surface area contributed by atoms with E-state index < -0.39 is 6.04 Å². The number of hydrogen-bond donors (Lipinski definition) is 2. The molecule has 0 saturated carbocycles. The van der Waals surface area contributed by atoms with Gasteiger partial charge in [0.25, 0.3) is 0 Å². The van der Waals surface area contributed by atoms with Crippen LogP contribution in [0.2, 0.25) is 0 Å². The Morgan fingerprint density at radius 2 is 2.09 bits per heavy atom. The Hall–Kier alpha value is -1.85. The maximum atomic E-state index is 12.0. The lowest BCUT2D eigenvalue weighted by Gasteiger charge is -2.31. The van der Waals surface area contributed by atoms with Crippen molar-refractivity contribution in [1.29, 1.82) is 0 Å². The number of anilines is 2. The summed E-state index contributed by atoms with van der Waals surface area (Å²) >= 11 is 0. The largest absolute Gasteiger partial charge is 0.373 e. The molecule has 5 nitrogen and oxygen atoms in total. The van der Waals surface area contributed by atoms with Crippen LogP contribution in [0.15, 0.2) is 36.5 Å². The maximum absolute atomic E-state index is 12.0. The summed E-state index contributed by atoms with van der Waals surface area (Å²) in [7, 11) is 0. The molecule has 1 aliphatic heterocycles. The quantitative estimate of drug-likeness (QED) is 0.876. The van der Waals surface area contributed by atoms with E-state index in [-0.39, 0.29) is 5.91 Å². The zero-order valence-corrected chi connectivity index (χ0v) is 13.3. The Labute approximate surface area is 132 Å². The van der Waals surface area contributed by atoms with E-state index in [0.29, 0.717) is 25.6 Å². The van der Waals surface area contributed by atoms with Gasteiger partial charge in [0.1, 0.15) is 0 Å². The Bertz CT molecular complexity index is 525. The molecule has 5 heteroatoms. The monoisotopic (exact) mass is 303 g/mol. The molecule has 1 atom stereocenters. The van der Waals surface area contributed by atoms with Crippen LogP contribution < -0.4 is 16.0 Å². The number of carbonyl (C=O) groups excluding carboxylic acids is 1. The molecule has 1 amide bonds. The van der Waals surface area contributed by atoms with Crippen LogP contribution in [-0.2, 0) is 9.53 Å². The summed E-state index contributed by atoms with van der Waals surface area (Å²) in [6, 6.07) is 7.25. The lowest BCUT2D eigenvalue weighted by molar-refractivity contribution is -0.117. The summed E-state index contributed by atoms with van der Waals surface area (Å²) in [5, 5.41) is 2.86. The van der Waals surface area contributed by atoms with Crippen LogP contribution in [0.1, 0.15) is 20.3 Å². The Morgan fingerprint density at radius 3 is 2.68 bits per heavy atom. The van der Waals surface area contributed by atoms with Gasteiger partial charge < -0.3 is 20.7 Å². The average Bonchev–Trinajstić information content (AvgIpc) is 2.48. The highest BCUT2D eigenvalue weighted by Crippen LogP contribution is 2.23. The average molecular weight is 303 g/mol. The van der Waals surface area contributed by atoms with Crippen molar-refractivity contribution < 1.29 is 9.53 Å². The van der Waals surface area contributed by atoms with Crippen LogP contribution in [0.3, 0.4) is 0 Å². The first-order valence-corrected chi connectivity index (χ1v) is 7.67. The molecule has 0 spiro atoms. The minimum atomic E-state index is -0.473. The molecule has 1 aromatic carbocycles. The zero-order chi connectivity index (χ0) is 16.1. The van der Waals surface area contributed by atoms with Crippen molar-refractivity contribution in [3.8, 4) is 0 Å². The van der Waals surface area contributed by atoms with E-state index in [1.54, 1.807) is 0 Å². The molecule has 3 N–H and O–H groups in total. The Morgan fingerprint density at radius 1 is 1.41 bits per heavy atom. The summed E-state index contributed by atoms with van der Waals surface area (Å²) < 4.78 is 5.36. The highest BCUT2D eigenvalue weighted by atomic mass is 16.5. The van der Waals surface area contributed by atoms with Crippen LogP contribution >= 0.6 is 0 Å². The van der Waals surface area contributed by atoms with E-state index in [4.69, 9.17) is 10.5 Å². The van der Waals surface area contributed by atoms with Crippen molar-refractivity contribution in [2.24, 2.45) is 11.7 Å². The molecule has 0 aromatic heterocycles. The lowest BCUT2D eigenvalue weighted by Crippen LogP contribution is -2.36. The molecule has 120 valence electrons. The Balaban J connectivity index is 1.97. The highest BCUT2D eigenvalue weighted by molar-refractivity contribution is 5.94. The van der Waals surface area contributed by atoms with E-state index in [1.807, 2.05) is 24.3 Å². The minimum absolute atomic E-state index is 0.141. The first-order chi connectivity index (χ1) is 10.5. The topological polar surface area (TPSA) is 67.6 Å². The number of nitrogens with one attached hydrogen (secondary N) is 1. The molecule has 0 aliphatic carbocycles. The summed E-state index contributed by atoms with van der Waals surface area (Å²) in [5.74, 6) is 0.257. The standard InChI is InChI=1S/C17H25N3O2/c1-12(2)10-16(18)17(21)19-14-4-6-15(7-5-14)20-8-9-22-11-13(20)3/h4-7,12,16H,3,8-11,18H2,1-2H3,(H,19,21)/t16-/m1/s1. The second-order valence-electron chi connectivity index (χ2n) is 6.04. The number of amides is 1. The van der Waals surface area contributed by atoms with Gasteiger partial charge in [-0.25, -0.2) is 0 Å². The molecular formula is C17H25N3O2. The van der Waals surface area contributed by atoms with Crippen molar-refractivity contribution in [3.05, 3.63) is 36.5 Å². The van der Waals surface area contributed by atoms with Gasteiger partial charge in [0.05, 0.1) is 19.3 Å². The summed E-state index contributed by atoms with van der Waals surface area (Å²) in [5.41, 5.74) is 8.64. The molecule has 0 unspecified atom stereocenters. The first-order valence-electron chi connectivity index (χ1n) is 7.67. The van der Waals surface area contributed by atoms with Gasteiger partial charge in [-0.05, 0) is 36.6 Å². The minimum Gasteiger partial charge on any atom is -0.373 e. The van der Waals surface area contributed by atoms with Gasteiger partial charge in [-0.2, -0.15) is 0 Å². The van der Waals surface area contributed by atoms with Crippen LogP contribution in [-0.4, -0.2) is 31.7 Å². The van der Waals surface area contributed by atoms with E-state index in [0.717, 1.165) is 23.6 Å². The van der Waals surface area contributed by atoms with Crippen molar-refractivity contribution >= 4 is 17.3 Å². The van der Waals surface area contributed by atoms with Gasteiger partial charge in [-0.15, -0.1) is 0 Å². The van der Waals surface area contributed by atoms with Crippen LogP contribution in [0.5, 0.6) is 0 Å². The molecule has 1 aromatic rings. The van der Waals surface area contributed by atoms with Crippen LogP contribution in [0, 0.1) is 5.92 Å².